The summed E-state index contributed by atoms with van der Waals surface area (Å²) in [5, 5.41) is 4.62. The maximum atomic E-state index is 12.3. The smallest absolute Gasteiger partial charge is 0.267 e. The Bertz CT molecular complexity index is 760. The molecule has 2 saturated heterocycles. The number of aryl methyl sites for hydroxylation is 1. The van der Waals surface area contributed by atoms with Crippen LogP contribution in [0.1, 0.15) is 36.9 Å². The molecule has 4 rings (SSSR count). The standard InChI is InChI=1S/C21H33N5O2S/c27-20-4-2-1-3-6-25(20)13-11-23-7-9-24(10-8-23)12-14-26-21(28)16-18-17-29-15-5-19(18)22-26/h16H,1-15,17H2. The zero-order valence-electron chi connectivity index (χ0n) is 17.4. The Labute approximate surface area is 177 Å². The summed E-state index contributed by atoms with van der Waals surface area (Å²) in [4.78, 5) is 31.4. The van der Waals surface area contributed by atoms with Gasteiger partial charge in [-0.05, 0) is 24.2 Å². The fraction of sp³-hybridized carbons (Fsp3) is 0.762. The summed E-state index contributed by atoms with van der Waals surface area (Å²) in [5.41, 5.74) is 2.27. The molecule has 1 amide bonds. The topological polar surface area (TPSA) is 61.7 Å². The summed E-state index contributed by atoms with van der Waals surface area (Å²) in [7, 11) is 0. The van der Waals surface area contributed by atoms with Crippen molar-refractivity contribution in [1.29, 1.82) is 0 Å². The fourth-order valence-corrected chi connectivity index (χ4v) is 5.37. The highest BCUT2D eigenvalue weighted by Crippen LogP contribution is 2.21. The Morgan fingerprint density at radius 3 is 2.41 bits per heavy atom. The molecule has 0 radical (unpaired) electrons. The quantitative estimate of drug-likeness (QED) is 0.687. The third kappa shape index (κ3) is 5.61. The number of aromatic nitrogens is 2. The second-order valence-electron chi connectivity index (χ2n) is 8.35. The van der Waals surface area contributed by atoms with E-state index >= 15 is 0 Å². The van der Waals surface area contributed by atoms with Gasteiger partial charge in [-0.3, -0.25) is 19.4 Å². The van der Waals surface area contributed by atoms with Crippen LogP contribution in [0.5, 0.6) is 0 Å². The predicted octanol–water partition coefficient (Wildman–Crippen LogP) is 1.05. The summed E-state index contributed by atoms with van der Waals surface area (Å²) in [6.07, 6.45) is 5.08. The number of carbonyl (C=O) groups excluding carboxylic acids is 1. The first-order valence-electron chi connectivity index (χ1n) is 11.1. The highest BCUT2D eigenvalue weighted by Gasteiger charge is 2.21. The second-order valence-corrected chi connectivity index (χ2v) is 9.46. The van der Waals surface area contributed by atoms with Gasteiger partial charge in [-0.2, -0.15) is 16.9 Å². The molecule has 7 nitrogen and oxygen atoms in total. The van der Waals surface area contributed by atoms with E-state index in [1.165, 1.54) is 6.42 Å². The molecule has 4 heterocycles. The van der Waals surface area contributed by atoms with Gasteiger partial charge in [-0.1, -0.05) is 6.42 Å². The molecule has 8 heteroatoms. The first-order valence-corrected chi connectivity index (χ1v) is 12.2. The van der Waals surface area contributed by atoms with E-state index in [0.717, 1.165) is 101 Å². The van der Waals surface area contributed by atoms with Crippen LogP contribution in [0.3, 0.4) is 0 Å². The third-order valence-electron chi connectivity index (χ3n) is 6.36. The lowest BCUT2D eigenvalue weighted by molar-refractivity contribution is -0.130. The van der Waals surface area contributed by atoms with E-state index in [1.54, 1.807) is 10.7 Å². The molecule has 1 aromatic rings. The van der Waals surface area contributed by atoms with Gasteiger partial charge in [0.05, 0.1) is 12.2 Å². The zero-order chi connectivity index (χ0) is 20.1. The summed E-state index contributed by atoms with van der Waals surface area (Å²) in [6, 6.07) is 1.79. The number of hydrogen-bond donors (Lipinski definition) is 0. The number of nitrogens with zero attached hydrogens (tertiary/aromatic N) is 5. The minimum absolute atomic E-state index is 0.0343. The molecular formula is C21H33N5O2S. The van der Waals surface area contributed by atoms with Crippen LogP contribution >= 0.6 is 11.8 Å². The molecule has 29 heavy (non-hydrogen) atoms. The summed E-state index contributed by atoms with van der Waals surface area (Å²) < 4.78 is 1.66. The van der Waals surface area contributed by atoms with Crippen LogP contribution in [0.25, 0.3) is 0 Å². The predicted molar refractivity (Wildman–Crippen MR) is 116 cm³/mol. The monoisotopic (exact) mass is 419 g/mol. The average Bonchev–Trinajstić information content (AvgIpc) is 2.95. The molecule has 0 N–H and O–H groups in total. The highest BCUT2D eigenvalue weighted by atomic mass is 32.2. The number of likely N-dealkylation sites (tertiary alicyclic amines) is 1. The largest absolute Gasteiger partial charge is 0.341 e. The van der Waals surface area contributed by atoms with Crippen LogP contribution in [0.15, 0.2) is 10.9 Å². The Kier molecular flexibility index (Phi) is 7.26. The molecule has 0 unspecified atom stereocenters. The summed E-state index contributed by atoms with van der Waals surface area (Å²) >= 11 is 1.88. The second kappa shape index (κ2) is 10.1. The van der Waals surface area contributed by atoms with Gasteiger partial charge in [0.25, 0.3) is 5.56 Å². The van der Waals surface area contributed by atoms with E-state index in [1.807, 2.05) is 11.8 Å². The number of amides is 1. The van der Waals surface area contributed by atoms with Crippen molar-refractivity contribution in [1.82, 2.24) is 24.5 Å². The van der Waals surface area contributed by atoms with E-state index in [-0.39, 0.29) is 5.56 Å². The van der Waals surface area contributed by atoms with E-state index < -0.39 is 0 Å². The van der Waals surface area contributed by atoms with E-state index in [4.69, 9.17) is 0 Å². The lowest BCUT2D eigenvalue weighted by atomic mass is 10.2. The molecule has 0 saturated carbocycles. The molecule has 0 aromatic carbocycles. The average molecular weight is 420 g/mol. The maximum absolute atomic E-state index is 12.3. The van der Waals surface area contributed by atoms with Crippen molar-refractivity contribution in [3.05, 3.63) is 27.7 Å². The van der Waals surface area contributed by atoms with Crippen molar-refractivity contribution in [3.8, 4) is 0 Å². The number of carbonyl (C=O) groups is 1. The highest BCUT2D eigenvalue weighted by molar-refractivity contribution is 7.98. The summed E-state index contributed by atoms with van der Waals surface area (Å²) in [5.74, 6) is 2.36. The van der Waals surface area contributed by atoms with Gasteiger partial charge in [0.2, 0.25) is 5.91 Å². The Morgan fingerprint density at radius 2 is 1.62 bits per heavy atom. The van der Waals surface area contributed by atoms with Crippen LogP contribution in [-0.4, -0.2) is 88.5 Å². The number of rotatable bonds is 6. The summed E-state index contributed by atoms with van der Waals surface area (Å²) in [6.45, 7) is 8.42. The molecule has 1 aromatic heterocycles. The molecule has 2 fully saturated rings. The molecule has 0 aliphatic carbocycles. The van der Waals surface area contributed by atoms with E-state index in [9.17, 15) is 9.59 Å². The Hall–Kier alpha value is -1.38. The fourth-order valence-electron chi connectivity index (χ4n) is 4.42. The van der Waals surface area contributed by atoms with Crippen molar-refractivity contribution < 1.29 is 4.79 Å². The van der Waals surface area contributed by atoms with Gasteiger partial charge in [-0.15, -0.1) is 0 Å². The SMILES string of the molecule is O=C1CCCCCN1CCN1CCN(CCn2nc3c(cc2=O)CSCC3)CC1. The molecule has 0 bridgehead atoms. The van der Waals surface area contributed by atoms with Crippen molar-refractivity contribution >= 4 is 17.7 Å². The van der Waals surface area contributed by atoms with E-state index in [2.05, 4.69) is 19.8 Å². The number of hydrogen-bond acceptors (Lipinski definition) is 6. The van der Waals surface area contributed by atoms with Crippen LogP contribution < -0.4 is 5.56 Å². The Morgan fingerprint density at radius 1 is 0.862 bits per heavy atom. The minimum atomic E-state index is 0.0343. The van der Waals surface area contributed by atoms with Crippen molar-refractivity contribution in [2.24, 2.45) is 0 Å². The van der Waals surface area contributed by atoms with Gasteiger partial charge in [-0.25, -0.2) is 4.68 Å². The first kappa shape index (κ1) is 20.9. The van der Waals surface area contributed by atoms with Gasteiger partial charge in [0.15, 0.2) is 0 Å². The van der Waals surface area contributed by atoms with Gasteiger partial charge in [0.1, 0.15) is 0 Å². The molecular weight excluding hydrogens is 386 g/mol. The lowest BCUT2D eigenvalue weighted by Crippen LogP contribution is -2.49. The van der Waals surface area contributed by atoms with Crippen molar-refractivity contribution in [2.45, 2.75) is 44.4 Å². The molecule has 3 aliphatic heterocycles. The normalized spacial score (nSPS) is 21.8. The van der Waals surface area contributed by atoms with Crippen LogP contribution in [0, 0.1) is 0 Å². The zero-order valence-corrected chi connectivity index (χ0v) is 18.2. The van der Waals surface area contributed by atoms with Crippen LogP contribution in [0.2, 0.25) is 0 Å². The first-order chi connectivity index (χ1) is 14.2. The Balaban J connectivity index is 1.20. The molecule has 0 spiro atoms. The number of fused-ring (bicyclic) bond motifs is 1. The van der Waals surface area contributed by atoms with Crippen molar-refractivity contribution in [2.75, 3.05) is 58.1 Å². The third-order valence-corrected chi connectivity index (χ3v) is 7.36. The number of piperazine rings is 1. The van der Waals surface area contributed by atoms with Gasteiger partial charge < -0.3 is 4.90 Å². The van der Waals surface area contributed by atoms with E-state index in [0.29, 0.717) is 12.5 Å². The van der Waals surface area contributed by atoms with Crippen LogP contribution in [-0.2, 0) is 23.5 Å². The molecule has 0 atom stereocenters. The van der Waals surface area contributed by atoms with Crippen molar-refractivity contribution in [3.63, 3.8) is 0 Å². The van der Waals surface area contributed by atoms with Gasteiger partial charge in [0, 0.05) is 77.0 Å². The molecule has 160 valence electrons. The number of thioether (sulfide) groups is 1. The van der Waals surface area contributed by atoms with Crippen LogP contribution in [0.4, 0.5) is 0 Å². The molecule has 3 aliphatic rings. The maximum Gasteiger partial charge on any atom is 0.267 e. The lowest BCUT2D eigenvalue weighted by Gasteiger charge is -2.35. The van der Waals surface area contributed by atoms with Gasteiger partial charge >= 0.3 is 0 Å². The minimum Gasteiger partial charge on any atom is -0.341 e.